The van der Waals surface area contributed by atoms with Crippen LogP contribution in [0.15, 0.2) is 36.4 Å². The monoisotopic (exact) mass is 269 g/mol. The van der Waals surface area contributed by atoms with Gasteiger partial charge in [-0.1, -0.05) is 35.3 Å². The number of halogens is 3. The second kappa shape index (κ2) is 4.94. The van der Waals surface area contributed by atoms with E-state index in [2.05, 4.69) is 5.32 Å². The van der Waals surface area contributed by atoms with Gasteiger partial charge in [0.1, 0.15) is 5.82 Å². The molecule has 0 aliphatic rings. The van der Waals surface area contributed by atoms with Crippen LogP contribution in [0.3, 0.4) is 0 Å². The van der Waals surface area contributed by atoms with E-state index < -0.39 is 0 Å². The number of nitrogens with one attached hydrogen (secondary N) is 1. The van der Waals surface area contributed by atoms with Crippen molar-refractivity contribution in [2.24, 2.45) is 0 Å². The lowest BCUT2D eigenvalue weighted by Gasteiger charge is -2.09. The van der Waals surface area contributed by atoms with Crippen molar-refractivity contribution >= 4 is 34.6 Å². The summed E-state index contributed by atoms with van der Waals surface area (Å²) in [6.45, 7) is 1.71. The number of aryl methyl sites for hydroxylation is 1. The van der Waals surface area contributed by atoms with E-state index >= 15 is 0 Å². The number of rotatable bonds is 2. The molecule has 0 saturated carbocycles. The molecule has 88 valence electrons. The van der Waals surface area contributed by atoms with Crippen LogP contribution in [0.1, 0.15) is 5.56 Å². The zero-order chi connectivity index (χ0) is 12.4. The maximum atomic E-state index is 13.8. The average molecular weight is 270 g/mol. The minimum atomic E-state index is -0.274. The summed E-state index contributed by atoms with van der Waals surface area (Å²) in [4.78, 5) is 0. The van der Waals surface area contributed by atoms with Crippen molar-refractivity contribution < 1.29 is 4.39 Å². The molecule has 0 bridgehead atoms. The van der Waals surface area contributed by atoms with Gasteiger partial charge in [0, 0.05) is 15.7 Å². The summed E-state index contributed by atoms with van der Waals surface area (Å²) in [5.74, 6) is -0.274. The van der Waals surface area contributed by atoms with E-state index in [0.29, 0.717) is 27.0 Å². The second-order valence-corrected chi connectivity index (χ2v) is 4.59. The third kappa shape index (κ3) is 2.90. The van der Waals surface area contributed by atoms with Crippen LogP contribution in [-0.4, -0.2) is 0 Å². The molecule has 0 heterocycles. The Bertz CT molecular complexity index is 535. The molecule has 1 nitrogen and oxygen atoms in total. The average Bonchev–Trinajstić information content (AvgIpc) is 2.23. The molecule has 2 aromatic rings. The van der Waals surface area contributed by atoms with E-state index in [1.807, 2.05) is 0 Å². The lowest BCUT2D eigenvalue weighted by atomic mass is 10.2. The first kappa shape index (κ1) is 12.2. The molecule has 0 amide bonds. The highest BCUT2D eigenvalue weighted by Gasteiger charge is 2.05. The van der Waals surface area contributed by atoms with Crippen LogP contribution < -0.4 is 5.32 Å². The molecule has 0 fully saturated rings. The highest BCUT2D eigenvalue weighted by atomic mass is 35.5. The van der Waals surface area contributed by atoms with E-state index in [9.17, 15) is 4.39 Å². The molecule has 0 unspecified atom stereocenters. The van der Waals surface area contributed by atoms with Crippen LogP contribution in [0, 0.1) is 12.7 Å². The van der Waals surface area contributed by atoms with Crippen LogP contribution in [0.25, 0.3) is 0 Å². The topological polar surface area (TPSA) is 12.0 Å². The lowest BCUT2D eigenvalue weighted by molar-refractivity contribution is 0.622. The molecule has 1 N–H and O–H groups in total. The smallest absolute Gasteiger partial charge is 0.149 e. The Morgan fingerprint density at radius 2 is 1.71 bits per heavy atom. The van der Waals surface area contributed by atoms with Gasteiger partial charge < -0.3 is 5.32 Å². The second-order valence-electron chi connectivity index (χ2n) is 3.72. The molecule has 0 aliphatic heterocycles. The highest BCUT2D eigenvalue weighted by Crippen LogP contribution is 2.27. The zero-order valence-corrected chi connectivity index (χ0v) is 10.6. The summed E-state index contributed by atoms with van der Waals surface area (Å²) in [5.41, 5.74) is 1.65. The van der Waals surface area contributed by atoms with Gasteiger partial charge in [-0.2, -0.15) is 0 Å². The van der Waals surface area contributed by atoms with Crippen molar-refractivity contribution in [3.63, 3.8) is 0 Å². The molecule has 17 heavy (non-hydrogen) atoms. The molecule has 0 aromatic heterocycles. The molecular formula is C13H10Cl2FN. The zero-order valence-electron chi connectivity index (χ0n) is 9.10. The molecule has 2 rings (SSSR count). The van der Waals surface area contributed by atoms with Gasteiger partial charge in [0.15, 0.2) is 0 Å². The van der Waals surface area contributed by atoms with E-state index in [1.54, 1.807) is 43.3 Å². The number of benzene rings is 2. The summed E-state index contributed by atoms with van der Waals surface area (Å²) >= 11 is 11.7. The molecular weight excluding hydrogens is 260 g/mol. The lowest BCUT2D eigenvalue weighted by Crippen LogP contribution is -1.95. The summed E-state index contributed by atoms with van der Waals surface area (Å²) < 4.78 is 13.8. The summed E-state index contributed by atoms with van der Waals surface area (Å²) in [5, 5.41) is 3.97. The fraction of sp³-hybridized carbons (Fsp3) is 0.0769. The molecule has 0 spiro atoms. The van der Waals surface area contributed by atoms with Crippen molar-refractivity contribution in [1.29, 1.82) is 0 Å². The standard InChI is InChI=1S/C13H10Cl2FN/c1-8-3-2-4-12(13(8)16)17-11-6-9(14)5-10(15)7-11/h2-7,17H,1H3. The number of anilines is 2. The van der Waals surface area contributed by atoms with Gasteiger partial charge in [-0.05, 0) is 36.8 Å². The van der Waals surface area contributed by atoms with Gasteiger partial charge in [0.25, 0.3) is 0 Å². The maximum absolute atomic E-state index is 13.8. The SMILES string of the molecule is Cc1cccc(Nc2cc(Cl)cc(Cl)c2)c1F. The van der Waals surface area contributed by atoms with Crippen LogP contribution >= 0.6 is 23.2 Å². The Labute approximate surface area is 109 Å². The molecule has 0 radical (unpaired) electrons. The van der Waals surface area contributed by atoms with Gasteiger partial charge >= 0.3 is 0 Å². The fourth-order valence-corrected chi connectivity index (χ4v) is 2.05. The highest BCUT2D eigenvalue weighted by molar-refractivity contribution is 6.35. The Balaban J connectivity index is 2.34. The quantitative estimate of drug-likeness (QED) is 0.792. The van der Waals surface area contributed by atoms with Crippen LogP contribution in [0.2, 0.25) is 10.0 Å². The molecule has 0 aliphatic carbocycles. The third-order valence-corrected chi connectivity index (χ3v) is 2.77. The molecule has 0 atom stereocenters. The fourth-order valence-electron chi connectivity index (χ4n) is 1.53. The minimum absolute atomic E-state index is 0.274. The predicted molar refractivity (Wildman–Crippen MR) is 70.9 cm³/mol. The van der Waals surface area contributed by atoms with Gasteiger partial charge in [-0.25, -0.2) is 4.39 Å². The molecule has 2 aromatic carbocycles. The van der Waals surface area contributed by atoms with E-state index in [0.717, 1.165) is 0 Å². The van der Waals surface area contributed by atoms with Crippen molar-refractivity contribution in [2.45, 2.75) is 6.92 Å². The number of hydrogen-bond acceptors (Lipinski definition) is 1. The van der Waals surface area contributed by atoms with Crippen molar-refractivity contribution in [3.8, 4) is 0 Å². The van der Waals surface area contributed by atoms with Gasteiger partial charge in [-0.15, -0.1) is 0 Å². The third-order valence-electron chi connectivity index (χ3n) is 2.33. The Kier molecular flexibility index (Phi) is 3.55. The van der Waals surface area contributed by atoms with Gasteiger partial charge in [-0.3, -0.25) is 0 Å². The van der Waals surface area contributed by atoms with Gasteiger partial charge in [0.05, 0.1) is 5.69 Å². The van der Waals surface area contributed by atoms with Crippen LogP contribution in [-0.2, 0) is 0 Å². The summed E-state index contributed by atoms with van der Waals surface area (Å²) in [6, 6.07) is 10.2. The van der Waals surface area contributed by atoms with Crippen molar-refractivity contribution in [3.05, 3.63) is 57.8 Å². The van der Waals surface area contributed by atoms with Crippen LogP contribution in [0.4, 0.5) is 15.8 Å². The van der Waals surface area contributed by atoms with Crippen molar-refractivity contribution in [1.82, 2.24) is 0 Å². The predicted octanol–water partition coefficient (Wildman–Crippen LogP) is 5.18. The summed E-state index contributed by atoms with van der Waals surface area (Å²) in [7, 11) is 0. The van der Waals surface area contributed by atoms with Gasteiger partial charge in [0.2, 0.25) is 0 Å². The first-order chi connectivity index (χ1) is 8.06. The van der Waals surface area contributed by atoms with E-state index in [-0.39, 0.29) is 5.82 Å². The van der Waals surface area contributed by atoms with E-state index in [4.69, 9.17) is 23.2 Å². The Morgan fingerprint density at radius 1 is 1.06 bits per heavy atom. The Hall–Kier alpha value is -1.25. The minimum Gasteiger partial charge on any atom is -0.353 e. The normalized spacial score (nSPS) is 10.4. The largest absolute Gasteiger partial charge is 0.353 e. The first-order valence-electron chi connectivity index (χ1n) is 5.04. The van der Waals surface area contributed by atoms with Crippen molar-refractivity contribution in [2.75, 3.05) is 5.32 Å². The molecule has 4 heteroatoms. The Morgan fingerprint density at radius 3 is 2.35 bits per heavy atom. The maximum Gasteiger partial charge on any atom is 0.149 e. The van der Waals surface area contributed by atoms with E-state index in [1.165, 1.54) is 0 Å². The van der Waals surface area contributed by atoms with Crippen LogP contribution in [0.5, 0.6) is 0 Å². The summed E-state index contributed by atoms with van der Waals surface area (Å²) in [6.07, 6.45) is 0. The first-order valence-corrected chi connectivity index (χ1v) is 5.80. The number of hydrogen-bond donors (Lipinski definition) is 1. The molecule has 0 saturated heterocycles.